The van der Waals surface area contributed by atoms with Gasteiger partial charge in [0.05, 0.1) is 13.7 Å². The lowest BCUT2D eigenvalue weighted by Gasteiger charge is -2.17. The molecule has 1 aliphatic heterocycles. The number of hydrogen-bond acceptors (Lipinski definition) is 5. The van der Waals surface area contributed by atoms with Crippen molar-refractivity contribution in [2.75, 3.05) is 20.3 Å². The Morgan fingerprint density at radius 3 is 2.47 bits per heavy atom. The third-order valence-corrected chi connectivity index (χ3v) is 3.46. The lowest BCUT2D eigenvalue weighted by molar-refractivity contribution is -0.168. The van der Waals surface area contributed by atoms with E-state index in [0.29, 0.717) is 13.2 Å². The van der Waals surface area contributed by atoms with Gasteiger partial charge in [0.2, 0.25) is 0 Å². The summed E-state index contributed by atoms with van der Waals surface area (Å²) in [6, 6.07) is 0. The van der Waals surface area contributed by atoms with Gasteiger partial charge in [-0.15, -0.1) is 5.54 Å². The molecule has 2 atom stereocenters. The zero-order chi connectivity index (χ0) is 14.5. The largest absolute Gasteiger partial charge is 0.461 e. The predicted molar refractivity (Wildman–Crippen MR) is 71.9 cm³/mol. The van der Waals surface area contributed by atoms with Gasteiger partial charge in [0.25, 0.3) is 0 Å². The van der Waals surface area contributed by atoms with Crippen LogP contribution in [-0.2, 0) is 23.8 Å². The van der Waals surface area contributed by atoms with Crippen molar-refractivity contribution in [2.24, 2.45) is 5.92 Å². The summed E-state index contributed by atoms with van der Waals surface area (Å²) >= 11 is 0. The number of methoxy groups -OCH3 is 1. The molecule has 1 fully saturated rings. The van der Waals surface area contributed by atoms with E-state index in [9.17, 15) is 9.59 Å². The molecule has 0 bridgehead atoms. The lowest BCUT2D eigenvalue weighted by Crippen LogP contribution is -2.31. The molecule has 0 spiro atoms. The summed E-state index contributed by atoms with van der Waals surface area (Å²) in [5, 5.41) is 0. The van der Waals surface area contributed by atoms with Crippen LogP contribution in [0, 0.1) is 17.4 Å². The molecule has 6 heteroatoms. The minimum Gasteiger partial charge on any atom is -0.461 e. The van der Waals surface area contributed by atoms with E-state index in [-0.39, 0.29) is 5.92 Å². The van der Waals surface area contributed by atoms with E-state index in [1.54, 1.807) is 0 Å². The van der Waals surface area contributed by atoms with Gasteiger partial charge in [0.15, 0.2) is 6.10 Å². The van der Waals surface area contributed by atoms with Crippen molar-refractivity contribution in [3.8, 4) is 11.5 Å². The summed E-state index contributed by atoms with van der Waals surface area (Å²) in [7, 11) is -0.423. The summed E-state index contributed by atoms with van der Waals surface area (Å²) < 4.78 is 14.7. The fourth-order valence-corrected chi connectivity index (χ4v) is 2.14. The molecule has 1 heterocycles. The van der Waals surface area contributed by atoms with Crippen molar-refractivity contribution in [2.45, 2.75) is 32.2 Å². The highest BCUT2D eigenvalue weighted by atomic mass is 28.3. The Hall–Kier alpha value is -1.32. The van der Waals surface area contributed by atoms with E-state index < -0.39 is 26.1 Å². The first-order chi connectivity index (χ1) is 8.83. The summed E-state index contributed by atoms with van der Waals surface area (Å²) in [5.74, 6) is 1.02. The van der Waals surface area contributed by atoms with Gasteiger partial charge in [-0.3, -0.25) is 0 Å². The highest BCUT2D eigenvalue weighted by Crippen LogP contribution is 2.19. The maximum Gasteiger partial charge on any atom is 0.418 e. The standard InChI is InChI=1S/C13H20O5Si/c1-16-12(14)13(15)18-11(6-8-19(2,3)4)10-5-7-17-9-10/h10-11H,5,7,9H2,1-4H3. The van der Waals surface area contributed by atoms with Gasteiger partial charge >= 0.3 is 11.9 Å². The normalized spacial score (nSPS) is 20.1. The maximum absolute atomic E-state index is 11.5. The molecule has 1 rings (SSSR count). The van der Waals surface area contributed by atoms with Crippen molar-refractivity contribution in [3.63, 3.8) is 0 Å². The number of rotatable bonds is 2. The molecule has 0 N–H and O–H groups in total. The smallest absolute Gasteiger partial charge is 0.418 e. The molecule has 19 heavy (non-hydrogen) atoms. The van der Waals surface area contributed by atoms with Crippen LogP contribution >= 0.6 is 0 Å². The third-order valence-electron chi connectivity index (χ3n) is 2.57. The van der Waals surface area contributed by atoms with Gasteiger partial charge in [0, 0.05) is 12.5 Å². The predicted octanol–water partition coefficient (Wildman–Crippen LogP) is 0.988. The lowest BCUT2D eigenvalue weighted by atomic mass is 10.0. The van der Waals surface area contributed by atoms with Crippen LogP contribution in [0.2, 0.25) is 19.6 Å². The monoisotopic (exact) mass is 284 g/mol. The third kappa shape index (κ3) is 5.45. The van der Waals surface area contributed by atoms with Crippen molar-refractivity contribution in [1.29, 1.82) is 0 Å². The highest BCUT2D eigenvalue weighted by molar-refractivity contribution is 6.83. The SMILES string of the molecule is COC(=O)C(=O)OC(C#C[Si](C)(C)C)C1CCOC1. The minimum atomic E-state index is -1.57. The number of carbonyl (C=O) groups excluding carboxylic acids is 2. The molecule has 106 valence electrons. The van der Waals surface area contributed by atoms with Crippen molar-refractivity contribution in [3.05, 3.63) is 0 Å². The molecule has 0 saturated carbocycles. The van der Waals surface area contributed by atoms with Crippen LogP contribution in [0.25, 0.3) is 0 Å². The van der Waals surface area contributed by atoms with Crippen LogP contribution in [0.4, 0.5) is 0 Å². The fourth-order valence-electron chi connectivity index (χ4n) is 1.57. The van der Waals surface area contributed by atoms with E-state index in [1.807, 2.05) is 0 Å². The summed E-state index contributed by atoms with van der Waals surface area (Å²) in [6.07, 6.45) is 0.181. The van der Waals surface area contributed by atoms with Crippen LogP contribution < -0.4 is 0 Å². The Morgan fingerprint density at radius 1 is 1.32 bits per heavy atom. The van der Waals surface area contributed by atoms with Gasteiger partial charge in [0.1, 0.15) is 8.07 Å². The Morgan fingerprint density at radius 2 is 2.00 bits per heavy atom. The van der Waals surface area contributed by atoms with Gasteiger partial charge in [-0.05, 0) is 6.42 Å². The molecule has 0 radical (unpaired) electrons. The van der Waals surface area contributed by atoms with Gasteiger partial charge in [-0.25, -0.2) is 9.59 Å². The molecular formula is C13H20O5Si. The second kappa shape index (κ2) is 6.73. The van der Waals surface area contributed by atoms with Gasteiger partial charge < -0.3 is 14.2 Å². The molecule has 0 aliphatic carbocycles. The molecule has 5 nitrogen and oxygen atoms in total. The topological polar surface area (TPSA) is 61.8 Å². The number of hydrogen-bond donors (Lipinski definition) is 0. The molecule has 0 amide bonds. The molecule has 1 aliphatic rings. The number of ether oxygens (including phenoxy) is 3. The second-order valence-corrected chi connectivity index (χ2v) is 10.2. The molecule has 0 aromatic rings. The number of carbonyl (C=O) groups is 2. The Bertz CT molecular complexity index is 395. The van der Waals surface area contributed by atoms with E-state index >= 15 is 0 Å². The minimum absolute atomic E-state index is 0.0254. The van der Waals surface area contributed by atoms with Crippen molar-refractivity contribution in [1.82, 2.24) is 0 Å². The molecule has 0 aromatic heterocycles. The Balaban J connectivity index is 2.77. The van der Waals surface area contributed by atoms with Crippen LogP contribution in [0.3, 0.4) is 0 Å². The van der Waals surface area contributed by atoms with Crippen molar-refractivity contribution < 1.29 is 23.8 Å². The van der Waals surface area contributed by atoms with E-state index in [1.165, 1.54) is 0 Å². The number of esters is 2. The Kier molecular flexibility index (Phi) is 5.57. The quantitative estimate of drug-likeness (QED) is 0.327. The molecule has 1 saturated heterocycles. The van der Waals surface area contributed by atoms with E-state index in [4.69, 9.17) is 9.47 Å². The van der Waals surface area contributed by atoms with Crippen LogP contribution in [0.1, 0.15) is 6.42 Å². The van der Waals surface area contributed by atoms with Gasteiger partial charge in [-0.1, -0.05) is 25.6 Å². The maximum atomic E-state index is 11.5. The second-order valence-electron chi connectivity index (χ2n) is 5.46. The first kappa shape index (κ1) is 15.7. The Labute approximate surface area is 114 Å². The van der Waals surface area contributed by atoms with E-state index in [2.05, 4.69) is 35.8 Å². The highest BCUT2D eigenvalue weighted by Gasteiger charge is 2.30. The average molecular weight is 284 g/mol. The summed E-state index contributed by atoms with van der Waals surface area (Å²) in [5.41, 5.74) is 3.17. The van der Waals surface area contributed by atoms with Crippen LogP contribution in [0.15, 0.2) is 0 Å². The zero-order valence-electron chi connectivity index (χ0n) is 11.8. The first-order valence-electron chi connectivity index (χ1n) is 6.23. The summed E-state index contributed by atoms with van der Waals surface area (Å²) in [4.78, 5) is 22.6. The summed E-state index contributed by atoms with van der Waals surface area (Å²) in [6.45, 7) is 7.43. The average Bonchev–Trinajstić information content (AvgIpc) is 2.85. The van der Waals surface area contributed by atoms with E-state index in [0.717, 1.165) is 13.5 Å². The molecule has 2 unspecified atom stereocenters. The molecule has 0 aromatic carbocycles. The van der Waals surface area contributed by atoms with Crippen molar-refractivity contribution >= 4 is 20.0 Å². The van der Waals surface area contributed by atoms with Gasteiger partial charge in [-0.2, -0.15) is 0 Å². The van der Waals surface area contributed by atoms with Crippen LogP contribution in [-0.4, -0.2) is 46.4 Å². The fraction of sp³-hybridized carbons (Fsp3) is 0.692. The first-order valence-corrected chi connectivity index (χ1v) is 9.73. The molecular weight excluding hydrogens is 264 g/mol. The van der Waals surface area contributed by atoms with Crippen LogP contribution in [0.5, 0.6) is 0 Å². The zero-order valence-corrected chi connectivity index (χ0v) is 12.8.